The van der Waals surface area contributed by atoms with E-state index in [2.05, 4.69) is 25.9 Å². The predicted molar refractivity (Wildman–Crippen MR) is 105 cm³/mol. The summed E-state index contributed by atoms with van der Waals surface area (Å²) in [5.74, 6) is -1.32. The van der Waals surface area contributed by atoms with Crippen LogP contribution in [0.1, 0.15) is 25.1 Å². The summed E-state index contributed by atoms with van der Waals surface area (Å²) in [5, 5.41) is 11.2. The van der Waals surface area contributed by atoms with E-state index in [0.717, 1.165) is 57.0 Å². The van der Waals surface area contributed by atoms with Crippen molar-refractivity contribution in [1.82, 2.24) is 14.5 Å². The second-order valence-electron chi connectivity index (χ2n) is 7.50. The highest BCUT2D eigenvalue weighted by Gasteiger charge is 2.48. The molecule has 0 radical (unpaired) electrons. The van der Waals surface area contributed by atoms with Crippen LogP contribution in [0.2, 0.25) is 0 Å². The molecular formula is C19H23F3N4O3S. The molecule has 11 heteroatoms. The molecule has 0 bridgehead atoms. The topological polar surface area (TPSA) is 78.7 Å². The zero-order chi connectivity index (χ0) is 21.9. The van der Waals surface area contributed by atoms with Crippen molar-refractivity contribution in [2.75, 3.05) is 24.5 Å². The van der Waals surface area contributed by atoms with Crippen molar-refractivity contribution in [2.45, 2.75) is 32.0 Å². The van der Waals surface area contributed by atoms with Crippen LogP contribution < -0.4 is 4.90 Å². The SMILES string of the molecule is Cn1ccnc1CN1CCC2(CC1)CCN(c1ccsc1)C2=O.O=C(O)C(F)(F)F. The van der Waals surface area contributed by atoms with Gasteiger partial charge >= 0.3 is 12.1 Å². The molecule has 0 aliphatic carbocycles. The first-order chi connectivity index (χ1) is 14.1. The second kappa shape index (κ2) is 8.76. The summed E-state index contributed by atoms with van der Waals surface area (Å²) in [5.41, 5.74) is 0.951. The Morgan fingerprint density at radius 2 is 1.90 bits per heavy atom. The van der Waals surface area contributed by atoms with Crippen molar-refractivity contribution in [1.29, 1.82) is 0 Å². The molecule has 1 N–H and O–H groups in total. The van der Waals surface area contributed by atoms with E-state index < -0.39 is 12.1 Å². The highest BCUT2D eigenvalue weighted by molar-refractivity contribution is 7.08. The number of aromatic nitrogens is 2. The molecule has 0 aromatic carbocycles. The fourth-order valence-corrected chi connectivity index (χ4v) is 4.47. The fraction of sp³-hybridized carbons (Fsp3) is 0.526. The number of likely N-dealkylation sites (tertiary alicyclic amines) is 1. The Morgan fingerprint density at radius 3 is 2.40 bits per heavy atom. The number of aryl methyl sites for hydroxylation is 1. The average molecular weight is 444 g/mol. The van der Waals surface area contributed by atoms with Gasteiger partial charge in [0.2, 0.25) is 5.91 Å². The lowest BCUT2D eigenvalue weighted by atomic mass is 9.77. The number of imidazole rings is 1. The van der Waals surface area contributed by atoms with Crippen LogP contribution in [0.15, 0.2) is 29.2 Å². The summed E-state index contributed by atoms with van der Waals surface area (Å²) in [6.07, 6.45) is 1.69. The maximum atomic E-state index is 13.0. The number of carbonyl (C=O) groups is 2. The third-order valence-electron chi connectivity index (χ3n) is 5.67. The molecular weight excluding hydrogens is 421 g/mol. The summed E-state index contributed by atoms with van der Waals surface area (Å²) >= 11 is 1.66. The normalized spacial score (nSPS) is 19.1. The Hall–Kier alpha value is -2.40. The van der Waals surface area contributed by atoms with Gasteiger partial charge in [-0.25, -0.2) is 9.78 Å². The number of thiophene rings is 1. The van der Waals surface area contributed by atoms with Gasteiger partial charge in [-0.05, 0) is 43.8 Å². The van der Waals surface area contributed by atoms with Gasteiger partial charge < -0.3 is 14.6 Å². The molecule has 4 heterocycles. The fourth-order valence-electron chi connectivity index (χ4n) is 3.83. The zero-order valence-electron chi connectivity index (χ0n) is 16.4. The summed E-state index contributed by atoms with van der Waals surface area (Å²) < 4.78 is 33.8. The first kappa shape index (κ1) is 22.3. The molecule has 0 atom stereocenters. The molecule has 2 aromatic heterocycles. The van der Waals surface area contributed by atoms with E-state index in [1.54, 1.807) is 11.3 Å². The molecule has 30 heavy (non-hydrogen) atoms. The third kappa shape index (κ3) is 4.84. The monoisotopic (exact) mass is 444 g/mol. The number of piperidine rings is 1. The second-order valence-corrected chi connectivity index (χ2v) is 8.28. The summed E-state index contributed by atoms with van der Waals surface area (Å²) in [6, 6.07) is 2.05. The summed E-state index contributed by atoms with van der Waals surface area (Å²) in [7, 11) is 2.03. The lowest BCUT2D eigenvalue weighted by Crippen LogP contribution is -2.44. The number of carboxylic acid groups (broad SMARTS) is 1. The first-order valence-electron chi connectivity index (χ1n) is 9.45. The van der Waals surface area contributed by atoms with Gasteiger partial charge in [-0.3, -0.25) is 9.69 Å². The largest absolute Gasteiger partial charge is 0.490 e. The van der Waals surface area contributed by atoms with Crippen LogP contribution in [0.4, 0.5) is 18.9 Å². The molecule has 2 saturated heterocycles. The minimum atomic E-state index is -5.08. The van der Waals surface area contributed by atoms with Crippen molar-refractivity contribution < 1.29 is 27.9 Å². The van der Waals surface area contributed by atoms with Crippen molar-refractivity contribution in [2.24, 2.45) is 12.5 Å². The van der Waals surface area contributed by atoms with E-state index in [0.29, 0.717) is 5.91 Å². The molecule has 164 valence electrons. The van der Waals surface area contributed by atoms with Gasteiger partial charge in [0.15, 0.2) is 0 Å². The standard InChI is InChI=1S/C17H22N4OS.C2HF3O2/c1-19-10-6-18-15(19)12-20-7-3-17(4-8-20)5-9-21(16(17)22)14-2-11-23-13-14;3-2(4,5)1(6)7/h2,6,10-11,13H,3-5,7-9,12H2,1H3;(H,6,7). The molecule has 7 nitrogen and oxygen atoms in total. The molecule has 2 aliphatic heterocycles. The van der Waals surface area contributed by atoms with Crippen LogP contribution in [0.3, 0.4) is 0 Å². The third-order valence-corrected chi connectivity index (χ3v) is 6.34. The van der Waals surface area contributed by atoms with Crippen molar-refractivity contribution in [3.05, 3.63) is 35.0 Å². The van der Waals surface area contributed by atoms with Crippen LogP contribution in [0, 0.1) is 5.41 Å². The summed E-state index contributed by atoms with van der Waals surface area (Å²) in [6.45, 7) is 3.71. The molecule has 0 saturated carbocycles. The summed E-state index contributed by atoms with van der Waals surface area (Å²) in [4.78, 5) is 30.7. The lowest BCUT2D eigenvalue weighted by Gasteiger charge is -2.37. The van der Waals surface area contributed by atoms with E-state index in [1.165, 1.54) is 0 Å². The highest BCUT2D eigenvalue weighted by Crippen LogP contribution is 2.43. The quantitative estimate of drug-likeness (QED) is 0.787. The number of aliphatic carboxylic acids is 1. The van der Waals surface area contributed by atoms with E-state index in [1.807, 2.05) is 29.7 Å². The molecule has 0 unspecified atom stereocenters. The molecule has 1 amide bonds. The maximum Gasteiger partial charge on any atom is 0.490 e. The Bertz CT molecular complexity index is 874. The Labute approximate surface area is 175 Å². The van der Waals surface area contributed by atoms with Crippen LogP contribution >= 0.6 is 11.3 Å². The number of hydrogen-bond acceptors (Lipinski definition) is 5. The van der Waals surface area contributed by atoms with Crippen molar-refractivity contribution >= 4 is 28.9 Å². The predicted octanol–water partition coefficient (Wildman–Crippen LogP) is 3.13. The molecule has 2 aromatic rings. The Balaban J connectivity index is 0.000000318. The van der Waals surface area contributed by atoms with Gasteiger partial charge in [0.05, 0.1) is 17.6 Å². The van der Waals surface area contributed by atoms with Crippen LogP contribution in [-0.4, -0.2) is 57.2 Å². The number of alkyl halides is 3. The number of halogens is 3. The van der Waals surface area contributed by atoms with Crippen LogP contribution in [-0.2, 0) is 23.2 Å². The van der Waals surface area contributed by atoms with Gasteiger partial charge in [-0.1, -0.05) is 0 Å². The number of hydrogen-bond donors (Lipinski definition) is 1. The van der Waals surface area contributed by atoms with E-state index in [9.17, 15) is 18.0 Å². The number of rotatable bonds is 3. The number of carboxylic acids is 1. The molecule has 2 aliphatic rings. The highest BCUT2D eigenvalue weighted by atomic mass is 32.1. The molecule has 4 rings (SSSR count). The maximum absolute atomic E-state index is 13.0. The van der Waals surface area contributed by atoms with E-state index in [-0.39, 0.29) is 5.41 Å². The Kier molecular flexibility index (Phi) is 6.51. The van der Waals surface area contributed by atoms with Gasteiger partial charge in [-0.2, -0.15) is 24.5 Å². The first-order valence-corrected chi connectivity index (χ1v) is 10.4. The smallest absolute Gasteiger partial charge is 0.475 e. The van der Waals surface area contributed by atoms with Crippen molar-refractivity contribution in [3.63, 3.8) is 0 Å². The van der Waals surface area contributed by atoms with Gasteiger partial charge in [0.25, 0.3) is 0 Å². The number of nitrogens with zero attached hydrogens (tertiary/aromatic N) is 4. The minimum Gasteiger partial charge on any atom is -0.475 e. The van der Waals surface area contributed by atoms with Crippen LogP contribution in [0.25, 0.3) is 0 Å². The molecule has 2 fully saturated rings. The number of amides is 1. The van der Waals surface area contributed by atoms with E-state index >= 15 is 0 Å². The van der Waals surface area contributed by atoms with Gasteiger partial charge in [-0.15, -0.1) is 0 Å². The number of anilines is 1. The van der Waals surface area contributed by atoms with Crippen LogP contribution in [0.5, 0.6) is 0 Å². The van der Waals surface area contributed by atoms with Gasteiger partial charge in [0, 0.05) is 31.4 Å². The lowest BCUT2D eigenvalue weighted by molar-refractivity contribution is -0.192. The minimum absolute atomic E-state index is 0.125. The molecule has 1 spiro atoms. The average Bonchev–Trinajstić information content (AvgIpc) is 3.41. The van der Waals surface area contributed by atoms with Gasteiger partial charge in [0.1, 0.15) is 5.82 Å². The van der Waals surface area contributed by atoms with Crippen molar-refractivity contribution in [3.8, 4) is 0 Å². The number of carbonyl (C=O) groups excluding carboxylic acids is 1. The van der Waals surface area contributed by atoms with E-state index in [4.69, 9.17) is 9.90 Å². The zero-order valence-corrected chi connectivity index (χ0v) is 17.2. The Morgan fingerprint density at radius 1 is 1.27 bits per heavy atom.